The Kier molecular flexibility index (Phi) is 6.65. The normalized spacial score (nSPS) is 13.3. The molecule has 0 atom stereocenters. The largest absolute Gasteiger partial charge is 0.412 e. The summed E-state index contributed by atoms with van der Waals surface area (Å²) in [7, 11) is 0. The highest BCUT2D eigenvalue weighted by molar-refractivity contribution is 6.00. The van der Waals surface area contributed by atoms with Crippen LogP contribution in [-0.4, -0.2) is 36.2 Å². The molecule has 3 aromatic rings. The molecule has 0 heterocycles. The van der Waals surface area contributed by atoms with Crippen LogP contribution in [0.25, 0.3) is 11.1 Å². The van der Waals surface area contributed by atoms with Crippen molar-refractivity contribution in [3.8, 4) is 16.9 Å². The Bertz CT molecular complexity index is 1260. The van der Waals surface area contributed by atoms with Crippen molar-refractivity contribution in [3.63, 3.8) is 0 Å². The summed E-state index contributed by atoms with van der Waals surface area (Å²) in [5.41, 5.74) is 0.882. The Labute approximate surface area is 203 Å². The van der Waals surface area contributed by atoms with Gasteiger partial charge in [0.05, 0.1) is 4.92 Å². The average molecular weight is 499 g/mol. The first kappa shape index (κ1) is 24.7. The van der Waals surface area contributed by atoms with E-state index in [-0.39, 0.29) is 24.4 Å². The molecule has 36 heavy (non-hydrogen) atoms. The van der Waals surface area contributed by atoms with Gasteiger partial charge in [-0.15, -0.1) is 0 Å². The van der Waals surface area contributed by atoms with Crippen LogP contribution in [0, 0.1) is 10.1 Å². The number of carbonyl (C=O) groups is 2. The molecule has 11 heteroatoms. The molecule has 0 radical (unpaired) electrons. The van der Waals surface area contributed by atoms with Crippen LogP contribution < -0.4 is 15.4 Å². The van der Waals surface area contributed by atoms with E-state index >= 15 is 0 Å². The number of hydrogen-bond acceptors (Lipinski definition) is 5. The van der Waals surface area contributed by atoms with Crippen LogP contribution in [0.5, 0.6) is 5.75 Å². The molecule has 0 bridgehead atoms. The van der Waals surface area contributed by atoms with E-state index in [9.17, 15) is 32.9 Å². The Balaban J connectivity index is 1.56. The van der Waals surface area contributed by atoms with Gasteiger partial charge in [0.2, 0.25) is 5.91 Å². The number of benzene rings is 3. The van der Waals surface area contributed by atoms with Crippen molar-refractivity contribution in [2.75, 3.05) is 13.1 Å². The second-order valence-electron chi connectivity index (χ2n) is 8.11. The van der Waals surface area contributed by atoms with E-state index in [4.69, 9.17) is 4.74 Å². The minimum atomic E-state index is -4.60. The zero-order chi connectivity index (χ0) is 25.9. The summed E-state index contributed by atoms with van der Waals surface area (Å²) in [5, 5.41) is 15.3. The zero-order valence-electron chi connectivity index (χ0n) is 18.7. The van der Waals surface area contributed by atoms with Gasteiger partial charge in [-0.1, -0.05) is 48.5 Å². The molecule has 2 amide bonds. The maximum atomic E-state index is 13.4. The zero-order valence-corrected chi connectivity index (χ0v) is 18.7. The third-order valence-corrected chi connectivity index (χ3v) is 5.93. The Morgan fingerprint density at radius 2 is 1.44 bits per heavy atom. The van der Waals surface area contributed by atoms with Crippen LogP contribution in [0.1, 0.15) is 17.5 Å². The predicted molar refractivity (Wildman–Crippen MR) is 123 cm³/mol. The number of nitro benzene ring substituents is 1. The summed E-state index contributed by atoms with van der Waals surface area (Å²) in [6, 6.07) is 18.8. The number of hydrogen-bond donors (Lipinski definition) is 2. The average Bonchev–Trinajstić information content (AvgIpc) is 3.13. The van der Waals surface area contributed by atoms with Gasteiger partial charge >= 0.3 is 12.3 Å². The van der Waals surface area contributed by atoms with Crippen molar-refractivity contribution in [1.29, 1.82) is 0 Å². The monoisotopic (exact) mass is 499 g/mol. The fourth-order valence-electron chi connectivity index (χ4n) is 4.42. The molecule has 186 valence electrons. The van der Waals surface area contributed by atoms with Gasteiger partial charge in [-0.2, -0.15) is 13.2 Å². The Morgan fingerprint density at radius 1 is 0.889 bits per heavy atom. The molecule has 8 nitrogen and oxygen atoms in total. The number of nitrogens with zero attached hydrogens (tertiary/aromatic N) is 1. The van der Waals surface area contributed by atoms with Crippen molar-refractivity contribution in [3.05, 3.63) is 94.0 Å². The summed E-state index contributed by atoms with van der Waals surface area (Å²) in [4.78, 5) is 35.9. The second-order valence-corrected chi connectivity index (χ2v) is 8.11. The van der Waals surface area contributed by atoms with Gasteiger partial charge in [-0.3, -0.25) is 14.9 Å². The van der Waals surface area contributed by atoms with Crippen LogP contribution in [0.4, 0.5) is 23.7 Å². The van der Waals surface area contributed by atoms with Crippen molar-refractivity contribution in [1.82, 2.24) is 10.6 Å². The number of halogens is 3. The molecule has 2 N–H and O–H groups in total. The number of amides is 2. The fourth-order valence-corrected chi connectivity index (χ4v) is 4.42. The van der Waals surface area contributed by atoms with Crippen molar-refractivity contribution in [2.45, 2.75) is 18.0 Å². The Hall–Kier alpha value is -4.41. The maximum Gasteiger partial charge on any atom is 0.412 e. The smallest absolute Gasteiger partial charge is 0.410 e. The number of nitrogens with one attached hydrogen (secondary N) is 2. The number of nitro groups is 1. The van der Waals surface area contributed by atoms with E-state index in [1.165, 1.54) is 24.3 Å². The molecule has 0 saturated heterocycles. The van der Waals surface area contributed by atoms with Gasteiger partial charge in [0.15, 0.2) is 0 Å². The minimum absolute atomic E-state index is 0.0416. The van der Waals surface area contributed by atoms with E-state index < -0.39 is 35.1 Å². The van der Waals surface area contributed by atoms with E-state index in [1.54, 1.807) is 48.5 Å². The summed E-state index contributed by atoms with van der Waals surface area (Å²) < 4.78 is 43.9. The van der Waals surface area contributed by atoms with Crippen LogP contribution in [0.2, 0.25) is 0 Å². The summed E-state index contributed by atoms with van der Waals surface area (Å²) in [6.45, 7) is -1.60. The van der Waals surface area contributed by atoms with Gasteiger partial charge in [-0.05, 0) is 40.8 Å². The highest BCUT2D eigenvalue weighted by Gasteiger charge is 2.49. The van der Waals surface area contributed by atoms with Gasteiger partial charge in [0.1, 0.15) is 17.7 Å². The van der Waals surface area contributed by atoms with Crippen LogP contribution in [0.3, 0.4) is 0 Å². The SMILES string of the molecule is O=C(NCCC1(C(=O)NCC(F)(F)F)c2ccccc2-c2ccccc21)Oc1ccc([N+](=O)[O-])cc1. The highest BCUT2D eigenvalue weighted by Crippen LogP contribution is 2.50. The quantitative estimate of drug-likeness (QED) is 0.361. The van der Waals surface area contributed by atoms with Crippen LogP contribution >= 0.6 is 0 Å². The summed E-state index contributed by atoms with van der Waals surface area (Å²) in [6.07, 6.45) is -5.52. The number of rotatable bonds is 7. The molecule has 1 aliphatic rings. The lowest BCUT2D eigenvalue weighted by Crippen LogP contribution is -2.48. The van der Waals surface area contributed by atoms with E-state index in [0.717, 1.165) is 11.1 Å². The molecular weight excluding hydrogens is 479 g/mol. The van der Waals surface area contributed by atoms with Crippen LogP contribution in [0.15, 0.2) is 72.8 Å². The molecule has 4 rings (SSSR count). The van der Waals surface area contributed by atoms with Gasteiger partial charge < -0.3 is 15.4 Å². The minimum Gasteiger partial charge on any atom is -0.410 e. The number of carbonyl (C=O) groups excluding carboxylic acids is 2. The summed E-state index contributed by atoms with van der Waals surface area (Å²) >= 11 is 0. The highest BCUT2D eigenvalue weighted by atomic mass is 19.4. The number of ether oxygens (including phenoxy) is 1. The van der Waals surface area contributed by atoms with E-state index in [0.29, 0.717) is 11.1 Å². The van der Waals surface area contributed by atoms with Crippen LogP contribution in [-0.2, 0) is 10.2 Å². The maximum absolute atomic E-state index is 13.4. The van der Waals surface area contributed by atoms with Crippen molar-refractivity contribution < 1.29 is 32.4 Å². The molecule has 0 fully saturated rings. The number of alkyl halides is 3. The molecule has 0 aromatic heterocycles. The van der Waals surface area contributed by atoms with E-state index in [1.807, 2.05) is 5.32 Å². The second kappa shape index (κ2) is 9.68. The molecule has 0 unspecified atom stereocenters. The third kappa shape index (κ3) is 4.85. The first-order chi connectivity index (χ1) is 17.1. The number of non-ortho nitro benzene ring substituents is 1. The first-order valence-electron chi connectivity index (χ1n) is 10.9. The fraction of sp³-hybridized carbons (Fsp3) is 0.200. The lowest BCUT2D eigenvalue weighted by molar-refractivity contribution is -0.384. The lowest BCUT2D eigenvalue weighted by atomic mass is 9.74. The van der Waals surface area contributed by atoms with Crippen molar-refractivity contribution in [2.24, 2.45) is 0 Å². The molecule has 0 spiro atoms. The predicted octanol–water partition coefficient (Wildman–Crippen LogP) is 4.72. The van der Waals surface area contributed by atoms with E-state index in [2.05, 4.69) is 5.32 Å². The lowest BCUT2D eigenvalue weighted by Gasteiger charge is -2.31. The molecule has 3 aromatic carbocycles. The standard InChI is InChI=1S/C25H20F3N3O5/c26-25(27,28)15-30-22(32)24(20-7-3-1-5-18(20)19-6-2-4-8-21(19)24)13-14-29-23(33)36-17-11-9-16(10-12-17)31(34)35/h1-12H,13-15H2,(H,29,33)(H,30,32). The van der Waals surface area contributed by atoms with Gasteiger partial charge in [0.25, 0.3) is 5.69 Å². The molecule has 1 aliphatic carbocycles. The molecular formula is C25H20F3N3O5. The number of fused-ring (bicyclic) bond motifs is 3. The molecule has 0 aliphatic heterocycles. The van der Waals surface area contributed by atoms with Gasteiger partial charge in [0, 0.05) is 18.7 Å². The third-order valence-electron chi connectivity index (χ3n) is 5.93. The summed E-state index contributed by atoms with van der Waals surface area (Å²) in [5.74, 6) is -0.768. The van der Waals surface area contributed by atoms with Gasteiger partial charge in [-0.25, -0.2) is 4.79 Å². The first-order valence-corrected chi connectivity index (χ1v) is 10.9. The topological polar surface area (TPSA) is 111 Å². The van der Waals surface area contributed by atoms with Crippen molar-refractivity contribution >= 4 is 17.7 Å². The molecule has 0 saturated carbocycles. The Morgan fingerprint density at radius 3 is 1.97 bits per heavy atom.